The van der Waals surface area contributed by atoms with Gasteiger partial charge < -0.3 is 19.7 Å². The monoisotopic (exact) mass is 426 g/mol. The van der Waals surface area contributed by atoms with E-state index in [4.69, 9.17) is 9.47 Å². The van der Waals surface area contributed by atoms with E-state index in [9.17, 15) is 19.8 Å². The molecule has 30 heavy (non-hydrogen) atoms. The van der Waals surface area contributed by atoms with Crippen molar-refractivity contribution in [2.75, 3.05) is 0 Å². The second kappa shape index (κ2) is 16.1. The summed E-state index contributed by atoms with van der Waals surface area (Å²) in [6.07, 6.45) is 11.7. The Bertz CT molecular complexity index is 512. The summed E-state index contributed by atoms with van der Waals surface area (Å²) in [7, 11) is 0. The normalized spacial score (nSPS) is 12.3. The highest BCUT2D eigenvalue weighted by Crippen LogP contribution is 2.22. The van der Waals surface area contributed by atoms with Crippen LogP contribution in [-0.2, 0) is 19.1 Å². The van der Waals surface area contributed by atoms with Crippen LogP contribution in [0.25, 0.3) is 0 Å². The van der Waals surface area contributed by atoms with E-state index in [0.29, 0.717) is 19.3 Å². The van der Waals surface area contributed by atoms with Gasteiger partial charge in [0.1, 0.15) is 0 Å². The Balaban J connectivity index is 4.19. The number of unbranched alkanes of at least 4 members (excludes halogenated alkanes) is 8. The van der Waals surface area contributed by atoms with Crippen LogP contribution < -0.4 is 0 Å². The van der Waals surface area contributed by atoms with Crippen molar-refractivity contribution >= 4 is 11.9 Å². The summed E-state index contributed by atoms with van der Waals surface area (Å²) in [4.78, 5) is 23.5. The predicted molar refractivity (Wildman–Crippen MR) is 118 cm³/mol. The molecule has 1 unspecified atom stereocenters. The van der Waals surface area contributed by atoms with Gasteiger partial charge in [-0.05, 0) is 33.1 Å². The Morgan fingerprint density at radius 2 is 1.20 bits per heavy atom. The highest BCUT2D eigenvalue weighted by atomic mass is 16.8. The van der Waals surface area contributed by atoms with Gasteiger partial charge in [-0.1, -0.05) is 77.9 Å². The molecule has 174 valence electrons. The Morgan fingerprint density at radius 1 is 0.800 bits per heavy atom. The molecular weight excluding hydrogens is 384 g/mol. The molecule has 0 aromatic heterocycles. The molecule has 0 aromatic rings. The lowest BCUT2D eigenvalue weighted by Crippen LogP contribution is -2.40. The van der Waals surface area contributed by atoms with Gasteiger partial charge in [0, 0.05) is 11.1 Å². The van der Waals surface area contributed by atoms with Crippen molar-refractivity contribution < 1.29 is 29.3 Å². The molecule has 0 saturated carbocycles. The highest BCUT2D eigenvalue weighted by molar-refractivity contribution is 5.88. The molecule has 0 aliphatic carbocycles. The Labute approximate surface area is 182 Å². The number of aliphatic hydroxyl groups excluding tert-OH is 1. The average Bonchev–Trinajstić information content (AvgIpc) is 2.67. The van der Waals surface area contributed by atoms with Crippen LogP contribution in [0.4, 0.5) is 0 Å². The van der Waals surface area contributed by atoms with Crippen LogP contribution in [0.3, 0.4) is 0 Å². The first kappa shape index (κ1) is 28.3. The number of aliphatic hydroxyl groups is 2. The second-order valence-corrected chi connectivity index (χ2v) is 8.22. The SMILES string of the molecule is C=C(C)C(=O)OC(O)(CCCCC(O)CCCCCCCCCC)OC(=O)C(=C)C. The van der Waals surface area contributed by atoms with E-state index >= 15 is 0 Å². The van der Waals surface area contributed by atoms with Crippen LogP contribution in [-0.4, -0.2) is 34.2 Å². The summed E-state index contributed by atoms with van der Waals surface area (Å²) in [6, 6.07) is 0. The Kier molecular flexibility index (Phi) is 15.2. The minimum absolute atomic E-state index is 0.0839. The Hall–Kier alpha value is -1.66. The van der Waals surface area contributed by atoms with Gasteiger partial charge in [-0.15, -0.1) is 0 Å². The van der Waals surface area contributed by atoms with Crippen molar-refractivity contribution in [2.45, 2.75) is 116 Å². The Morgan fingerprint density at radius 3 is 1.63 bits per heavy atom. The lowest BCUT2D eigenvalue weighted by Gasteiger charge is -2.27. The minimum Gasteiger partial charge on any atom is -0.395 e. The topological polar surface area (TPSA) is 93.1 Å². The maximum Gasteiger partial charge on any atom is 0.373 e. The highest BCUT2D eigenvalue weighted by Gasteiger charge is 2.36. The number of ether oxygens (including phenoxy) is 2. The molecule has 0 aliphatic rings. The molecule has 6 nitrogen and oxygen atoms in total. The summed E-state index contributed by atoms with van der Waals surface area (Å²) in [5.41, 5.74) is 0.168. The van der Waals surface area contributed by atoms with Gasteiger partial charge in [0.05, 0.1) is 12.5 Å². The number of hydrogen-bond acceptors (Lipinski definition) is 6. The van der Waals surface area contributed by atoms with E-state index in [-0.39, 0.29) is 17.6 Å². The zero-order chi connectivity index (χ0) is 23.0. The first-order chi connectivity index (χ1) is 14.1. The van der Waals surface area contributed by atoms with Crippen molar-refractivity contribution in [3.63, 3.8) is 0 Å². The largest absolute Gasteiger partial charge is 0.395 e. The summed E-state index contributed by atoms with van der Waals surface area (Å²) in [6.45, 7) is 12.0. The van der Waals surface area contributed by atoms with E-state index in [1.54, 1.807) is 0 Å². The zero-order valence-electron chi connectivity index (χ0n) is 19.2. The maximum atomic E-state index is 11.8. The zero-order valence-corrected chi connectivity index (χ0v) is 19.2. The van der Waals surface area contributed by atoms with E-state index in [1.165, 1.54) is 52.4 Å². The third kappa shape index (κ3) is 14.3. The summed E-state index contributed by atoms with van der Waals surface area (Å²) in [5.74, 6) is -4.06. The fraction of sp³-hybridized carbons (Fsp3) is 0.750. The van der Waals surface area contributed by atoms with Crippen molar-refractivity contribution in [3.8, 4) is 0 Å². The molecule has 0 radical (unpaired) electrons. The van der Waals surface area contributed by atoms with Crippen molar-refractivity contribution in [1.82, 2.24) is 0 Å². The fourth-order valence-electron chi connectivity index (χ4n) is 2.97. The third-order valence-electron chi connectivity index (χ3n) is 4.87. The average molecular weight is 427 g/mol. The molecule has 0 fully saturated rings. The summed E-state index contributed by atoms with van der Waals surface area (Å²) < 4.78 is 9.85. The van der Waals surface area contributed by atoms with Crippen molar-refractivity contribution in [1.29, 1.82) is 0 Å². The lowest BCUT2D eigenvalue weighted by molar-refractivity contribution is -0.325. The number of carbonyl (C=O) groups excluding carboxylic acids is 2. The van der Waals surface area contributed by atoms with Gasteiger partial charge in [0.25, 0.3) is 0 Å². The predicted octanol–water partition coefficient (Wildman–Crippen LogP) is 5.32. The molecule has 2 N–H and O–H groups in total. The van der Waals surface area contributed by atoms with Crippen molar-refractivity contribution in [3.05, 3.63) is 24.3 Å². The first-order valence-corrected chi connectivity index (χ1v) is 11.3. The number of rotatable bonds is 18. The molecule has 0 saturated heterocycles. The number of esters is 2. The van der Waals surface area contributed by atoms with Gasteiger partial charge in [-0.3, -0.25) is 0 Å². The van der Waals surface area contributed by atoms with Crippen molar-refractivity contribution in [2.24, 2.45) is 0 Å². The van der Waals surface area contributed by atoms with E-state index in [2.05, 4.69) is 20.1 Å². The number of hydrogen-bond donors (Lipinski definition) is 2. The van der Waals surface area contributed by atoms with Crippen LogP contribution in [0.2, 0.25) is 0 Å². The maximum absolute atomic E-state index is 11.8. The molecule has 0 aromatic carbocycles. The molecule has 0 amide bonds. The fourth-order valence-corrected chi connectivity index (χ4v) is 2.97. The molecule has 0 aliphatic heterocycles. The van der Waals surface area contributed by atoms with Crippen LogP contribution in [0.5, 0.6) is 0 Å². The minimum atomic E-state index is -2.37. The van der Waals surface area contributed by atoms with Gasteiger partial charge in [-0.25, -0.2) is 9.59 Å². The third-order valence-corrected chi connectivity index (χ3v) is 4.87. The van der Waals surface area contributed by atoms with E-state index < -0.39 is 24.0 Å². The molecular formula is C24H42O6. The second-order valence-electron chi connectivity index (χ2n) is 8.22. The van der Waals surface area contributed by atoms with E-state index in [0.717, 1.165) is 19.3 Å². The van der Waals surface area contributed by atoms with Gasteiger partial charge in [-0.2, -0.15) is 0 Å². The van der Waals surface area contributed by atoms with Crippen LogP contribution in [0.1, 0.15) is 104 Å². The molecule has 0 bridgehead atoms. The van der Waals surface area contributed by atoms with Crippen LogP contribution >= 0.6 is 0 Å². The van der Waals surface area contributed by atoms with Gasteiger partial charge >= 0.3 is 17.9 Å². The lowest BCUT2D eigenvalue weighted by atomic mass is 10.0. The summed E-state index contributed by atoms with van der Waals surface area (Å²) >= 11 is 0. The number of carbonyl (C=O) groups is 2. The molecule has 0 heterocycles. The summed E-state index contributed by atoms with van der Waals surface area (Å²) in [5, 5.41) is 20.6. The van der Waals surface area contributed by atoms with Crippen LogP contribution in [0, 0.1) is 0 Å². The molecule has 0 rings (SSSR count). The van der Waals surface area contributed by atoms with Gasteiger partial charge in [0.15, 0.2) is 0 Å². The van der Waals surface area contributed by atoms with Gasteiger partial charge in [0.2, 0.25) is 0 Å². The smallest absolute Gasteiger partial charge is 0.373 e. The van der Waals surface area contributed by atoms with E-state index in [1.807, 2.05) is 0 Å². The first-order valence-electron chi connectivity index (χ1n) is 11.3. The quantitative estimate of drug-likeness (QED) is 0.133. The molecule has 6 heteroatoms. The molecule has 1 atom stereocenters. The standard InChI is InChI=1S/C24H42O6/c1-6-7-8-9-10-11-12-13-16-21(25)17-14-15-18-24(28,29-22(26)19(2)3)30-23(27)20(4)5/h21,25,28H,2,4,6-18H2,1,3,5H3. The van der Waals surface area contributed by atoms with Crippen LogP contribution in [0.15, 0.2) is 24.3 Å². The molecule has 0 spiro atoms.